The van der Waals surface area contributed by atoms with E-state index < -0.39 is 0 Å². The molecular weight excluding hydrogens is 287 g/mol. The lowest BCUT2D eigenvalue weighted by Crippen LogP contribution is -2.13. The van der Waals surface area contributed by atoms with Crippen molar-refractivity contribution in [1.29, 1.82) is 0 Å². The first-order valence-electron chi connectivity index (χ1n) is 5.16. The number of benzene rings is 1. The fourth-order valence-corrected chi connectivity index (χ4v) is 1.90. The van der Waals surface area contributed by atoms with E-state index in [1.54, 1.807) is 6.07 Å². The molecule has 0 bridgehead atoms. The van der Waals surface area contributed by atoms with Crippen LogP contribution in [-0.2, 0) is 0 Å². The predicted octanol–water partition coefficient (Wildman–Crippen LogP) is 2.93. The molecule has 0 amide bonds. The number of hydrogen-bond donors (Lipinski definition) is 2. The Kier molecular flexibility index (Phi) is 3.15. The fraction of sp³-hybridized carbons (Fsp3) is 0.273. The Morgan fingerprint density at radius 3 is 2.71 bits per heavy atom. The fourth-order valence-electron chi connectivity index (χ4n) is 1.56. The standard InChI is InChI=1S/C11H12BrFN4/c1-5(2)15-10-6-3-7(12)8(13)4-9(6)16-17-11(10)14/h3-5H,1-2H3,(H2,14,17)(H,15,16). The highest BCUT2D eigenvalue weighted by Crippen LogP contribution is 2.30. The molecule has 90 valence electrons. The van der Waals surface area contributed by atoms with Crippen molar-refractivity contribution in [2.24, 2.45) is 0 Å². The Bertz CT molecular complexity index is 571. The molecule has 2 aromatic rings. The van der Waals surface area contributed by atoms with E-state index >= 15 is 0 Å². The Hall–Kier alpha value is -1.43. The lowest BCUT2D eigenvalue weighted by Gasteiger charge is -2.14. The van der Waals surface area contributed by atoms with Gasteiger partial charge in [-0.25, -0.2) is 4.39 Å². The molecule has 0 atom stereocenters. The molecular formula is C11H12BrFN4. The highest BCUT2D eigenvalue weighted by atomic mass is 79.9. The number of halogens is 2. The van der Waals surface area contributed by atoms with Crippen molar-refractivity contribution in [1.82, 2.24) is 10.2 Å². The first kappa shape index (κ1) is 12.0. The first-order chi connectivity index (χ1) is 7.99. The summed E-state index contributed by atoms with van der Waals surface area (Å²) in [6.07, 6.45) is 0. The van der Waals surface area contributed by atoms with Crippen LogP contribution in [0.2, 0.25) is 0 Å². The molecule has 0 aliphatic heterocycles. The summed E-state index contributed by atoms with van der Waals surface area (Å²) in [7, 11) is 0. The Balaban J connectivity index is 2.71. The van der Waals surface area contributed by atoms with Crippen molar-refractivity contribution in [3.63, 3.8) is 0 Å². The summed E-state index contributed by atoms with van der Waals surface area (Å²) in [6, 6.07) is 3.19. The van der Waals surface area contributed by atoms with E-state index in [-0.39, 0.29) is 11.9 Å². The van der Waals surface area contributed by atoms with E-state index in [9.17, 15) is 4.39 Å². The van der Waals surface area contributed by atoms with Crippen LogP contribution in [0.1, 0.15) is 13.8 Å². The maximum absolute atomic E-state index is 13.4. The third-order valence-electron chi connectivity index (χ3n) is 2.26. The number of hydrogen-bond acceptors (Lipinski definition) is 4. The molecule has 0 saturated heterocycles. The summed E-state index contributed by atoms with van der Waals surface area (Å²) in [5.74, 6) is -0.0585. The van der Waals surface area contributed by atoms with Crippen LogP contribution in [0.5, 0.6) is 0 Å². The summed E-state index contributed by atoms with van der Waals surface area (Å²) in [5.41, 5.74) is 6.94. The van der Waals surface area contributed by atoms with Crippen LogP contribution in [0, 0.1) is 5.82 Å². The number of nitrogens with two attached hydrogens (primary N) is 1. The number of rotatable bonds is 2. The minimum Gasteiger partial charge on any atom is -0.380 e. The molecule has 6 heteroatoms. The van der Waals surface area contributed by atoms with Crippen LogP contribution >= 0.6 is 15.9 Å². The molecule has 0 fully saturated rings. The van der Waals surface area contributed by atoms with Crippen LogP contribution in [0.3, 0.4) is 0 Å². The van der Waals surface area contributed by atoms with E-state index in [0.29, 0.717) is 21.5 Å². The minimum atomic E-state index is -0.368. The average Bonchev–Trinajstić information content (AvgIpc) is 2.25. The second-order valence-electron chi connectivity index (χ2n) is 4.04. The van der Waals surface area contributed by atoms with Gasteiger partial charge in [0.15, 0.2) is 5.82 Å². The third kappa shape index (κ3) is 2.31. The number of anilines is 2. The van der Waals surface area contributed by atoms with Crippen LogP contribution < -0.4 is 11.1 Å². The van der Waals surface area contributed by atoms with Gasteiger partial charge in [-0.2, -0.15) is 0 Å². The second-order valence-corrected chi connectivity index (χ2v) is 4.90. The topological polar surface area (TPSA) is 63.8 Å². The number of nitrogens with zero attached hydrogens (tertiary/aromatic N) is 2. The van der Waals surface area contributed by atoms with Gasteiger partial charge in [-0.3, -0.25) is 0 Å². The van der Waals surface area contributed by atoms with Crippen molar-refractivity contribution >= 4 is 38.3 Å². The van der Waals surface area contributed by atoms with Crippen LogP contribution in [0.4, 0.5) is 15.9 Å². The summed E-state index contributed by atoms with van der Waals surface area (Å²) in [5, 5.41) is 11.6. The lowest BCUT2D eigenvalue weighted by atomic mass is 10.2. The highest BCUT2D eigenvalue weighted by molar-refractivity contribution is 9.10. The number of nitrogen functional groups attached to an aromatic ring is 1. The van der Waals surface area contributed by atoms with Gasteiger partial charge in [0.05, 0.1) is 15.7 Å². The molecule has 0 aliphatic rings. The Labute approximate surface area is 107 Å². The van der Waals surface area contributed by atoms with Crippen LogP contribution in [-0.4, -0.2) is 16.2 Å². The van der Waals surface area contributed by atoms with Crippen LogP contribution in [0.25, 0.3) is 10.9 Å². The lowest BCUT2D eigenvalue weighted by molar-refractivity contribution is 0.622. The highest BCUT2D eigenvalue weighted by Gasteiger charge is 2.12. The summed E-state index contributed by atoms with van der Waals surface area (Å²) in [6.45, 7) is 3.98. The molecule has 0 spiro atoms. The first-order valence-corrected chi connectivity index (χ1v) is 5.95. The van der Waals surface area contributed by atoms with Crippen molar-refractivity contribution < 1.29 is 4.39 Å². The Morgan fingerprint density at radius 2 is 2.06 bits per heavy atom. The smallest absolute Gasteiger partial charge is 0.170 e. The van der Waals surface area contributed by atoms with Crippen molar-refractivity contribution in [3.8, 4) is 0 Å². The van der Waals surface area contributed by atoms with E-state index in [0.717, 1.165) is 5.39 Å². The molecule has 0 aliphatic carbocycles. The van der Waals surface area contributed by atoms with Crippen LogP contribution in [0.15, 0.2) is 16.6 Å². The average molecular weight is 299 g/mol. The zero-order valence-electron chi connectivity index (χ0n) is 9.46. The van der Waals surface area contributed by atoms with Gasteiger partial charge < -0.3 is 11.1 Å². The van der Waals surface area contributed by atoms with Crippen molar-refractivity contribution in [3.05, 3.63) is 22.4 Å². The van der Waals surface area contributed by atoms with E-state index in [4.69, 9.17) is 5.73 Å². The largest absolute Gasteiger partial charge is 0.380 e. The van der Waals surface area contributed by atoms with Crippen molar-refractivity contribution in [2.75, 3.05) is 11.1 Å². The van der Waals surface area contributed by atoms with Gasteiger partial charge in [0.25, 0.3) is 0 Å². The quantitative estimate of drug-likeness (QED) is 0.895. The van der Waals surface area contributed by atoms with Gasteiger partial charge in [0.1, 0.15) is 5.82 Å². The SMILES string of the molecule is CC(C)Nc1c(N)nnc2cc(F)c(Br)cc12. The number of nitrogens with one attached hydrogen (secondary N) is 1. The van der Waals surface area contributed by atoms with Gasteiger partial charge in [-0.1, -0.05) is 0 Å². The van der Waals surface area contributed by atoms with Gasteiger partial charge in [-0.15, -0.1) is 10.2 Å². The predicted molar refractivity (Wildman–Crippen MR) is 70.4 cm³/mol. The Morgan fingerprint density at radius 1 is 1.35 bits per heavy atom. The van der Waals surface area contributed by atoms with Crippen molar-refractivity contribution in [2.45, 2.75) is 19.9 Å². The van der Waals surface area contributed by atoms with E-state index in [1.165, 1.54) is 6.07 Å². The molecule has 1 aromatic heterocycles. The molecule has 1 aromatic carbocycles. The summed E-state index contributed by atoms with van der Waals surface area (Å²) in [4.78, 5) is 0. The molecule has 0 radical (unpaired) electrons. The van der Waals surface area contributed by atoms with Gasteiger partial charge >= 0.3 is 0 Å². The van der Waals surface area contributed by atoms with Gasteiger partial charge in [0.2, 0.25) is 0 Å². The zero-order chi connectivity index (χ0) is 12.6. The molecule has 4 nitrogen and oxygen atoms in total. The molecule has 1 heterocycles. The maximum atomic E-state index is 13.4. The van der Waals surface area contributed by atoms with Gasteiger partial charge in [-0.05, 0) is 35.8 Å². The molecule has 17 heavy (non-hydrogen) atoms. The molecule has 2 rings (SSSR count). The normalized spacial score (nSPS) is 11.1. The summed E-state index contributed by atoms with van der Waals surface area (Å²) < 4.78 is 13.8. The minimum absolute atomic E-state index is 0.202. The van der Waals surface area contributed by atoms with Gasteiger partial charge in [0, 0.05) is 17.5 Å². The monoisotopic (exact) mass is 298 g/mol. The molecule has 0 unspecified atom stereocenters. The maximum Gasteiger partial charge on any atom is 0.170 e. The number of fused-ring (bicyclic) bond motifs is 1. The van der Waals surface area contributed by atoms with E-state index in [1.807, 2.05) is 13.8 Å². The second kappa shape index (κ2) is 4.44. The molecule has 0 saturated carbocycles. The van der Waals surface area contributed by atoms with E-state index in [2.05, 4.69) is 31.4 Å². The summed E-state index contributed by atoms with van der Waals surface area (Å²) >= 11 is 3.15. The molecule has 3 N–H and O–H groups in total. The number of aromatic nitrogens is 2. The third-order valence-corrected chi connectivity index (χ3v) is 2.87. The zero-order valence-corrected chi connectivity index (χ0v) is 11.0.